The van der Waals surface area contributed by atoms with Crippen LogP contribution in [0.15, 0.2) is 47.6 Å². The van der Waals surface area contributed by atoms with E-state index in [0.29, 0.717) is 64.4 Å². The highest BCUT2D eigenvalue weighted by atomic mass is 35.5. The van der Waals surface area contributed by atoms with Crippen LogP contribution in [0.5, 0.6) is 0 Å². The van der Waals surface area contributed by atoms with Gasteiger partial charge in [-0.05, 0) is 54.8 Å². The van der Waals surface area contributed by atoms with E-state index in [0.717, 1.165) is 16.3 Å². The van der Waals surface area contributed by atoms with E-state index < -0.39 is 0 Å². The van der Waals surface area contributed by atoms with Crippen LogP contribution in [0.4, 0.5) is 22.5 Å². The number of hydrazone groups is 1. The Bertz CT molecular complexity index is 1660. The number of nitrogens with one attached hydrogen (secondary N) is 5. The van der Waals surface area contributed by atoms with Gasteiger partial charge in [0.1, 0.15) is 5.82 Å². The van der Waals surface area contributed by atoms with Gasteiger partial charge in [0.25, 0.3) is 11.8 Å². The summed E-state index contributed by atoms with van der Waals surface area (Å²) in [6.07, 6.45) is 1.34. The second-order valence-corrected chi connectivity index (χ2v) is 10.7. The minimum Gasteiger partial charge on any atom is -0.388 e. The van der Waals surface area contributed by atoms with E-state index in [2.05, 4.69) is 41.9 Å². The zero-order chi connectivity index (χ0) is 30.9. The van der Waals surface area contributed by atoms with Crippen molar-refractivity contribution in [1.82, 2.24) is 26.1 Å². The molecule has 2 aromatic carbocycles. The third-order valence-electron chi connectivity index (χ3n) is 6.40. The molecule has 0 aliphatic carbocycles. The average molecular weight is 625 g/mol. The van der Waals surface area contributed by atoms with Crippen molar-refractivity contribution < 1.29 is 9.59 Å². The smallest absolute Gasteiger partial charge is 0.261 e. The molecular weight excluding hydrogens is 592 g/mol. The first-order valence-electron chi connectivity index (χ1n) is 13.2. The number of aromatic nitrogens is 2. The van der Waals surface area contributed by atoms with Crippen molar-refractivity contribution in [1.29, 1.82) is 0 Å². The first-order chi connectivity index (χ1) is 20.7. The van der Waals surface area contributed by atoms with Crippen molar-refractivity contribution in [3.05, 3.63) is 69.1 Å². The average Bonchev–Trinajstić information content (AvgIpc) is 3.47. The van der Waals surface area contributed by atoms with Gasteiger partial charge in [0.2, 0.25) is 5.95 Å². The molecule has 0 fully saturated rings. The van der Waals surface area contributed by atoms with Gasteiger partial charge in [0, 0.05) is 37.9 Å². The molecule has 226 valence electrons. The Hall–Kier alpha value is -4.86. The summed E-state index contributed by atoms with van der Waals surface area (Å²) in [5.74, 6) is 5.16. The molecule has 43 heavy (non-hydrogen) atoms. The molecule has 0 bridgehead atoms. The number of amidine groups is 1. The van der Waals surface area contributed by atoms with Crippen molar-refractivity contribution in [3.63, 3.8) is 0 Å². The summed E-state index contributed by atoms with van der Waals surface area (Å²) in [6, 6.07) is 12.4. The second kappa shape index (κ2) is 14.4. The molecule has 0 spiro atoms. The Morgan fingerprint density at radius 1 is 0.977 bits per heavy atom. The number of benzene rings is 2. The maximum atomic E-state index is 12.8. The molecule has 0 aliphatic rings. The molecule has 4 aromatic rings. The van der Waals surface area contributed by atoms with E-state index >= 15 is 0 Å². The molecule has 4 rings (SSSR count). The topological polar surface area (TPSA) is 237 Å². The van der Waals surface area contributed by atoms with Crippen molar-refractivity contribution in [2.24, 2.45) is 16.7 Å². The summed E-state index contributed by atoms with van der Waals surface area (Å²) in [5, 5.41) is 17.6. The number of hydrogen-bond acceptors (Lipinski definition) is 12. The van der Waals surface area contributed by atoms with Crippen LogP contribution in [0.2, 0.25) is 5.02 Å². The van der Waals surface area contributed by atoms with Gasteiger partial charge in [0.05, 0.1) is 31.4 Å². The number of hydrogen-bond donors (Lipinski definition) is 9. The van der Waals surface area contributed by atoms with Gasteiger partial charge in [-0.1, -0.05) is 17.7 Å². The van der Waals surface area contributed by atoms with Crippen molar-refractivity contribution in [2.75, 3.05) is 42.2 Å². The molecule has 0 unspecified atom stereocenters. The standard InChI is InChI=1S/C27H33ClN12O2S/c1-33-15-5-6-16(17(12-15)23(29)39-40-32)25(41)34-10-2-3-11-35-26(42)19-8-9-20(43-19)36-13-14-4-7-18-21(22(14)28)24(30)38-27(31)37-18/h4-9,12,33,36,40H,2-3,10-11,13,32H2,1H3,(H2,29,39)(H,34,41)(H,35,42)(H4,30,31,37,38). The number of carbonyl (C=O) groups excluding carboxylic acids is 2. The van der Waals surface area contributed by atoms with Gasteiger partial charge < -0.3 is 38.5 Å². The lowest BCUT2D eigenvalue weighted by molar-refractivity contribution is 0.0941. The lowest BCUT2D eigenvalue weighted by Gasteiger charge is -2.12. The summed E-state index contributed by atoms with van der Waals surface area (Å²) in [5.41, 5.74) is 22.7. The predicted molar refractivity (Wildman–Crippen MR) is 173 cm³/mol. The maximum absolute atomic E-state index is 12.8. The van der Waals surface area contributed by atoms with Crippen LogP contribution in [0.3, 0.4) is 0 Å². The first-order valence-corrected chi connectivity index (χ1v) is 14.4. The number of unbranched alkanes of at least 4 members (excludes halogenated alkanes) is 1. The Morgan fingerprint density at radius 3 is 2.44 bits per heavy atom. The highest BCUT2D eigenvalue weighted by Crippen LogP contribution is 2.31. The SMILES string of the molecule is CNc1ccc(C(=O)NCCCCNC(=O)c2ccc(NCc3ccc4nc(N)nc(N)c4c3Cl)s2)c(/C(N)=N/NN)c1. The number of rotatable bonds is 13. The zero-order valence-electron chi connectivity index (χ0n) is 23.3. The Balaban J connectivity index is 1.22. The van der Waals surface area contributed by atoms with Gasteiger partial charge in [-0.15, -0.1) is 16.4 Å². The van der Waals surface area contributed by atoms with E-state index in [1.807, 2.05) is 12.1 Å². The van der Waals surface area contributed by atoms with Crippen LogP contribution in [0, 0.1) is 0 Å². The first kappa shape index (κ1) is 31.1. The molecule has 0 saturated heterocycles. The minimum atomic E-state index is -0.290. The molecule has 0 saturated carbocycles. The van der Waals surface area contributed by atoms with Crippen LogP contribution >= 0.6 is 22.9 Å². The number of anilines is 4. The predicted octanol–water partition coefficient (Wildman–Crippen LogP) is 2.19. The number of fused-ring (bicyclic) bond motifs is 1. The van der Waals surface area contributed by atoms with Crippen molar-refractivity contribution in [2.45, 2.75) is 19.4 Å². The van der Waals surface area contributed by atoms with Crippen molar-refractivity contribution >= 4 is 73.9 Å². The van der Waals surface area contributed by atoms with Crippen LogP contribution in [-0.2, 0) is 6.54 Å². The normalized spacial score (nSPS) is 11.3. The molecule has 2 heterocycles. The number of nitrogens with zero attached hydrogens (tertiary/aromatic N) is 3. The Labute approximate surface area is 256 Å². The van der Waals surface area contributed by atoms with Gasteiger partial charge in [-0.2, -0.15) is 4.98 Å². The lowest BCUT2D eigenvalue weighted by Crippen LogP contribution is -2.30. The number of nitrogens with two attached hydrogens (primary N) is 4. The molecule has 2 aromatic heterocycles. The second-order valence-electron chi connectivity index (χ2n) is 9.27. The van der Waals surface area contributed by atoms with Crippen molar-refractivity contribution in [3.8, 4) is 0 Å². The van der Waals surface area contributed by atoms with Gasteiger partial charge >= 0.3 is 0 Å². The maximum Gasteiger partial charge on any atom is 0.261 e. The molecular formula is C27H33ClN12O2S. The number of carbonyl (C=O) groups is 2. The summed E-state index contributed by atoms with van der Waals surface area (Å²) < 4.78 is 0. The molecule has 0 aliphatic heterocycles. The summed E-state index contributed by atoms with van der Waals surface area (Å²) >= 11 is 7.89. The fraction of sp³-hybridized carbons (Fsp3) is 0.222. The minimum absolute atomic E-state index is 0.0856. The fourth-order valence-electron chi connectivity index (χ4n) is 4.22. The Kier molecular flexibility index (Phi) is 10.4. The third-order valence-corrected chi connectivity index (χ3v) is 7.87. The summed E-state index contributed by atoms with van der Waals surface area (Å²) in [4.78, 5) is 34.1. The highest BCUT2D eigenvalue weighted by molar-refractivity contribution is 7.17. The molecule has 14 nitrogen and oxygen atoms in total. The number of amides is 2. The molecule has 13 N–H and O–H groups in total. The number of nitrogen functional groups attached to an aromatic ring is 2. The van der Waals surface area contributed by atoms with Crippen LogP contribution in [0.1, 0.15) is 44.0 Å². The van der Waals surface area contributed by atoms with Gasteiger partial charge in [-0.3, -0.25) is 9.59 Å². The number of thiophene rings is 1. The largest absolute Gasteiger partial charge is 0.388 e. The van der Waals surface area contributed by atoms with E-state index in [-0.39, 0.29) is 29.4 Å². The van der Waals surface area contributed by atoms with E-state index in [1.165, 1.54) is 11.3 Å². The van der Waals surface area contributed by atoms with Crippen LogP contribution in [-0.4, -0.2) is 47.8 Å². The monoisotopic (exact) mass is 624 g/mol. The molecule has 2 amide bonds. The van der Waals surface area contributed by atoms with Gasteiger partial charge in [0.15, 0.2) is 5.84 Å². The summed E-state index contributed by atoms with van der Waals surface area (Å²) in [7, 11) is 1.76. The summed E-state index contributed by atoms with van der Waals surface area (Å²) in [6.45, 7) is 1.29. The fourth-order valence-corrected chi connectivity index (χ4v) is 5.36. The Morgan fingerprint density at radius 2 is 1.72 bits per heavy atom. The number of halogens is 1. The number of hydrazine groups is 1. The highest BCUT2D eigenvalue weighted by Gasteiger charge is 2.16. The molecule has 0 atom stereocenters. The zero-order valence-corrected chi connectivity index (χ0v) is 24.9. The van der Waals surface area contributed by atoms with Crippen LogP contribution in [0.25, 0.3) is 10.9 Å². The molecule has 16 heteroatoms. The molecule has 0 radical (unpaired) electrons. The van der Waals surface area contributed by atoms with E-state index in [9.17, 15) is 9.59 Å². The lowest BCUT2D eigenvalue weighted by atomic mass is 10.0. The van der Waals surface area contributed by atoms with Gasteiger partial charge in [-0.25, -0.2) is 16.4 Å². The van der Waals surface area contributed by atoms with Crippen LogP contribution < -0.4 is 49.8 Å². The van der Waals surface area contributed by atoms with E-state index in [4.69, 9.17) is 34.6 Å². The third kappa shape index (κ3) is 7.71. The van der Waals surface area contributed by atoms with E-state index in [1.54, 1.807) is 37.4 Å². The quantitative estimate of drug-likeness (QED) is 0.0343.